The van der Waals surface area contributed by atoms with Crippen LogP contribution in [0.25, 0.3) is 0 Å². The van der Waals surface area contributed by atoms with Crippen LogP contribution in [0.4, 0.5) is 0 Å². The van der Waals surface area contributed by atoms with Gasteiger partial charge < -0.3 is 14.2 Å². The highest BCUT2D eigenvalue weighted by molar-refractivity contribution is 5.95. The fraction of sp³-hybridized carbons (Fsp3) is 0.722. The molecule has 2 rings (SSSR count). The molecule has 1 atom stereocenters. The lowest BCUT2D eigenvalue weighted by Crippen LogP contribution is -2.41. The summed E-state index contributed by atoms with van der Waals surface area (Å²) in [6, 6.07) is 0. The standard InChI is InChI=1S/C18H29NO5/c1-19(23-4)17(20)15-10-11-18(22-3,16(12-15)21-2)24-13-14-8-6-5-7-9-14/h10,12,14H,5-9,11,13H2,1-4H3. The van der Waals surface area contributed by atoms with Crippen molar-refractivity contribution < 1.29 is 23.8 Å². The van der Waals surface area contributed by atoms with Crippen LogP contribution in [-0.4, -0.2) is 51.7 Å². The number of ether oxygens (including phenoxy) is 3. The van der Waals surface area contributed by atoms with Gasteiger partial charge in [0.25, 0.3) is 5.91 Å². The van der Waals surface area contributed by atoms with Crippen LogP contribution in [0.5, 0.6) is 0 Å². The Morgan fingerprint density at radius 1 is 1.25 bits per heavy atom. The topological polar surface area (TPSA) is 57.2 Å². The molecule has 0 bridgehead atoms. The molecule has 0 N–H and O–H groups in total. The fourth-order valence-electron chi connectivity index (χ4n) is 3.26. The van der Waals surface area contributed by atoms with Gasteiger partial charge in [-0.3, -0.25) is 9.63 Å². The van der Waals surface area contributed by atoms with Crippen LogP contribution in [0.3, 0.4) is 0 Å². The molecular formula is C18H29NO5. The highest BCUT2D eigenvalue weighted by Gasteiger charge is 2.40. The molecule has 6 heteroatoms. The molecule has 0 saturated heterocycles. The van der Waals surface area contributed by atoms with Crippen molar-refractivity contribution in [1.29, 1.82) is 0 Å². The number of hydrogen-bond acceptors (Lipinski definition) is 5. The normalized spacial score (nSPS) is 25.0. The Hall–Kier alpha value is -1.37. The number of nitrogens with zero attached hydrogens (tertiary/aromatic N) is 1. The number of rotatable bonds is 7. The molecule has 0 radical (unpaired) electrons. The summed E-state index contributed by atoms with van der Waals surface area (Å²) in [4.78, 5) is 17.2. The van der Waals surface area contributed by atoms with E-state index >= 15 is 0 Å². The van der Waals surface area contributed by atoms with Crippen molar-refractivity contribution in [3.63, 3.8) is 0 Å². The molecule has 1 saturated carbocycles. The molecule has 0 aromatic carbocycles. The first kappa shape index (κ1) is 19.0. The van der Waals surface area contributed by atoms with Gasteiger partial charge in [-0.05, 0) is 24.8 Å². The third kappa shape index (κ3) is 4.18. The second kappa shape index (κ2) is 8.65. The zero-order valence-corrected chi connectivity index (χ0v) is 15.2. The van der Waals surface area contributed by atoms with Crippen molar-refractivity contribution in [3.05, 3.63) is 23.5 Å². The Morgan fingerprint density at radius 2 is 1.96 bits per heavy atom. The van der Waals surface area contributed by atoms with Crippen molar-refractivity contribution in [2.75, 3.05) is 35.0 Å². The van der Waals surface area contributed by atoms with Crippen LogP contribution in [0.2, 0.25) is 0 Å². The molecule has 0 aromatic rings. The smallest absolute Gasteiger partial charge is 0.276 e. The maximum absolute atomic E-state index is 12.2. The molecule has 136 valence electrons. The lowest BCUT2D eigenvalue weighted by atomic mass is 9.90. The predicted octanol–water partition coefficient (Wildman–Crippen LogP) is 2.81. The Bertz CT molecular complexity index is 496. The van der Waals surface area contributed by atoms with E-state index in [-0.39, 0.29) is 5.91 Å². The maximum Gasteiger partial charge on any atom is 0.276 e. The summed E-state index contributed by atoms with van der Waals surface area (Å²) in [6.07, 6.45) is 10.2. The first-order chi connectivity index (χ1) is 11.6. The van der Waals surface area contributed by atoms with Crippen molar-refractivity contribution in [2.45, 2.75) is 44.3 Å². The Balaban J connectivity index is 2.08. The molecule has 2 aliphatic rings. The second-order valence-corrected chi connectivity index (χ2v) is 6.33. The summed E-state index contributed by atoms with van der Waals surface area (Å²) in [5.41, 5.74) is 0.505. The molecule has 2 aliphatic carbocycles. The van der Waals surface area contributed by atoms with Crippen molar-refractivity contribution in [2.24, 2.45) is 5.92 Å². The quantitative estimate of drug-likeness (QED) is 0.527. The summed E-state index contributed by atoms with van der Waals surface area (Å²) in [5.74, 6) is -0.113. The minimum Gasteiger partial charge on any atom is -0.495 e. The molecule has 1 fully saturated rings. The molecule has 1 unspecified atom stereocenters. The number of amides is 1. The largest absolute Gasteiger partial charge is 0.495 e. The van der Waals surface area contributed by atoms with Crippen LogP contribution >= 0.6 is 0 Å². The Morgan fingerprint density at radius 3 is 2.54 bits per heavy atom. The van der Waals surface area contributed by atoms with Crippen LogP contribution < -0.4 is 0 Å². The van der Waals surface area contributed by atoms with Crippen molar-refractivity contribution >= 4 is 5.91 Å². The van der Waals surface area contributed by atoms with Gasteiger partial charge in [0.2, 0.25) is 5.79 Å². The molecule has 0 aromatic heterocycles. The number of methoxy groups -OCH3 is 2. The summed E-state index contributed by atoms with van der Waals surface area (Å²) in [5, 5.41) is 1.18. The van der Waals surface area contributed by atoms with E-state index in [1.165, 1.54) is 44.3 Å². The average molecular weight is 339 g/mol. The first-order valence-electron chi connectivity index (χ1n) is 8.54. The second-order valence-electron chi connectivity index (χ2n) is 6.33. The van der Waals surface area contributed by atoms with Gasteiger partial charge in [0.1, 0.15) is 0 Å². The summed E-state index contributed by atoms with van der Waals surface area (Å²) in [6.45, 7) is 0.642. The summed E-state index contributed by atoms with van der Waals surface area (Å²) in [7, 11) is 6.20. The van der Waals surface area contributed by atoms with Crippen LogP contribution in [0.1, 0.15) is 38.5 Å². The van der Waals surface area contributed by atoms with Gasteiger partial charge in [-0.25, -0.2) is 5.06 Å². The minimum absolute atomic E-state index is 0.232. The number of carbonyl (C=O) groups excluding carboxylic acids is 1. The predicted molar refractivity (Wildman–Crippen MR) is 89.8 cm³/mol. The first-order valence-corrected chi connectivity index (χ1v) is 8.54. The molecule has 0 heterocycles. The lowest BCUT2D eigenvalue weighted by molar-refractivity contribution is -0.222. The average Bonchev–Trinajstić information content (AvgIpc) is 2.65. The number of likely N-dealkylation sites (N-methyl/N-ethyl adjacent to an activating group) is 1. The zero-order chi connectivity index (χ0) is 17.6. The van der Waals surface area contributed by atoms with Crippen molar-refractivity contribution in [3.8, 4) is 0 Å². The van der Waals surface area contributed by atoms with Gasteiger partial charge in [-0.15, -0.1) is 0 Å². The Labute approximate surface area is 144 Å². The molecule has 0 spiro atoms. The zero-order valence-electron chi connectivity index (χ0n) is 15.2. The van der Waals surface area contributed by atoms with Gasteiger partial charge in [0.15, 0.2) is 5.76 Å². The van der Waals surface area contributed by atoms with E-state index < -0.39 is 5.79 Å². The summed E-state index contributed by atoms with van der Waals surface area (Å²) >= 11 is 0. The number of hydrogen-bond donors (Lipinski definition) is 0. The van der Waals surface area contributed by atoms with Gasteiger partial charge >= 0.3 is 0 Å². The lowest BCUT2D eigenvalue weighted by Gasteiger charge is -2.36. The van der Waals surface area contributed by atoms with E-state index in [9.17, 15) is 4.79 Å². The highest BCUT2D eigenvalue weighted by Crippen LogP contribution is 2.35. The molecule has 0 aliphatic heterocycles. The highest BCUT2D eigenvalue weighted by atomic mass is 16.7. The van der Waals surface area contributed by atoms with E-state index in [1.807, 2.05) is 6.08 Å². The van der Waals surface area contributed by atoms with Crippen LogP contribution in [0.15, 0.2) is 23.5 Å². The minimum atomic E-state index is -0.957. The van der Waals surface area contributed by atoms with E-state index in [4.69, 9.17) is 19.0 Å². The maximum atomic E-state index is 12.2. The monoisotopic (exact) mass is 339 g/mol. The van der Waals surface area contributed by atoms with Gasteiger partial charge in [0.05, 0.1) is 20.8 Å². The van der Waals surface area contributed by atoms with E-state index in [1.54, 1.807) is 27.3 Å². The number of carbonyl (C=O) groups is 1. The van der Waals surface area contributed by atoms with Gasteiger partial charge in [-0.1, -0.05) is 25.3 Å². The summed E-state index contributed by atoms with van der Waals surface area (Å²) < 4.78 is 17.3. The molecule has 24 heavy (non-hydrogen) atoms. The van der Waals surface area contributed by atoms with Gasteiger partial charge in [0, 0.05) is 26.2 Å². The number of hydroxylamine groups is 2. The third-order valence-corrected chi connectivity index (χ3v) is 4.89. The molecule has 6 nitrogen and oxygen atoms in total. The SMILES string of the molecule is COC1=CC(C(=O)N(C)OC)=CCC1(OC)OCC1CCCCC1. The Kier molecular flexibility index (Phi) is 6.83. The van der Waals surface area contributed by atoms with Crippen LogP contribution in [-0.2, 0) is 23.8 Å². The van der Waals surface area contributed by atoms with E-state index in [0.717, 1.165) is 0 Å². The van der Waals surface area contributed by atoms with Gasteiger partial charge in [-0.2, -0.15) is 0 Å². The third-order valence-electron chi connectivity index (χ3n) is 4.89. The molecular weight excluding hydrogens is 310 g/mol. The van der Waals surface area contributed by atoms with E-state index in [2.05, 4.69) is 0 Å². The van der Waals surface area contributed by atoms with Crippen LogP contribution in [0, 0.1) is 5.92 Å². The fourth-order valence-corrected chi connectivity index (χ4v) is 3.26. The molecule has 1 amide bonds. The van der Waals surface area contributed by atoms with Crippen molar-refractivity contribution in [1.82, 2.24) is 5.06 Å². The van der Waals surface area contributed by atoms with E-state index in [0.29, 0.717) is 30.3 Å².